The van der Waals surface area contributed by atoms with Gasteiger partial charge in [0.15, 0.2) is 0 Å². The van der Waals surface area contributed by atoms with Crippen molar-refractivity contribution in [3.8, 4) is 17.0 Å². The van der Waals surface area contributed by atoms with Crippen LogP contribution in [0.25, 0.3) is 11.3 Å². The number of hydrogen-bond acceptors (Lipinski definition) is 4. The Hall–Kier alpha value is -1.59. The number of thiazole rings is 1. The lowest BCUT2D eigenvalue weighted by atomic mass is 9.94. The Morgan fingerprint density at radius 2 is 2.09 bits per heavy atom. The number of H-pyrrole nitrogens is 1. The van der Waals surface area contributed by atoms with Crippen molar-refractivity contribution in [3.05, 3.63) is 38.8 Å². The van der Waals surface area contributed by atoms with E-state index in [4.69, 9.17) is 4.74 Å². The van der Waals surface area contributed by atoms with Crippen molar-refractivity contribution in [2.45, 2.75) is 44.7 Å². The molecule has 1 aliphatic carbocycles. The molecule has 1 fully saturated rings. The van der Waals surface area contributed by atoms with Gasteiger partial charge in [0.2, 0.25) is 0 Å². The van der Waals surface area contributed by atoms with E-state index < -0.39 is 0 Å². The SMILES string of the molecule is COc1cccc(-c2[nH]c(=O)sc2CN(C)C2CCCCC2)c1. The summed E-state index contributed by atoms with van der Waals surface area (Å²) in [6, 6.07) is 8.51. The predicted molar refractivity (Wildman–Crippen MR) is 95.3 cm³/mol. The monoisotopic (exact) mass is 332 g/mol. The van der Waals surface area contributed by atoms with Crippen LogP contribution in [0.3, 0.4) is 0 Å². The molecule has 5 heteroatoms. The summed E-state index contributed by atoms with van der Waals surface area (Å²) in [6.45, 7) is 0.820. The lowest BCUT2D eigenvalue weighted by Crippen LogP contribution is -2.32. The predicted octanol–water partition coefficient (Wildman–Crippen LogP) is 3.88. The summed E-state index contributed by atoms with van der Waals surface area (Å²) in [5.41, 5.74) is 1.94. The number of methoxy groups -OCH3 is 1. The Labute approximate surface area is 141 Å². The van der Waals surface area contributed by atoms with Gasteiger partial charge in [-0.15, -0.1) is 0 Å². The van der Waals surface area contributed by atoms with E-state index in [1.807, 2.05) is 24.3 Å². The van der Waals surface area contributed by atoms with E-state index >= 15 is 0 Å². The van der Waals surface area contributed by atoms with Gasteiger partial charge < -0.3 is 9.72 Å². The van der Waals surface area contributed by atoms with Crippen LogP contribution in [-0.4, -0.2) is 30.1 Å². The summed E-state index contributed by atoms with van der Waals surface area (Å²) in [4.78, 5) is 18.4. The molecule has 23 heavy (non-hydrogen) atoms. The molecule has 0 radical (unpaired) electrons. The third-order valence-electron chi connectivity index (χ3n) is 4.67. The highest BCUT2D eigenvalue weighted by Gasteiger charge is 2.20. The summed E-state index contributed by atoms with van der Waals surface area (Å²) < 4.78 is 5.30. The van der Waals surface area contributed by atoms with E-state index in [1.165, 1.54) is 43.4 Å². The fourth-order valence-corrected chi connectivity index (χ4v) is 4.28. The van der Waals surface area contributed by atoms with Crippen molar-refractivity contribution in [1.29, 1.82) is 0 Å². The number of benzene rings is 1. The number of ether oxygens (including phenoxy) is 1. The van der Waals surface area contributed by atoms with Crippen LogP contribution < -0.4 is 9.61 Å². The third kappa shape index (κ3) is 3.85. The van der Waals surface area contributed by atoms with E-state index in [0.29, 0.717) is 6.04 Å². The summed E-state index contributed by atoms with van der Waals surface area (Å²) in [5.74, 6) is 0.807. The second kappa shape index (κ2) is 7.32. The van der Waals surface area contributed by atoms with Crippen molar-refractivity contribution < 1.29 is 4.74 Å². The number of nitrogens with one attached hydrogen (secondary N) is 1. The fraction of sp³-hybridized carbons (Fsp3) is 0.500. The van der Waals surface area contributed by atoms with E-state index in [0.717, 1.165) is 28.4 Å². The first-order chi connectivity index (χ1) is 11.2. The first-order valence-corrected chi connectivity index (χ1v) is 9.05. The van der Waals surface area contributed by atoms with Gasteiger partial charge in [0, 0.05) is 23.0 Å². The molecule has 1 aromatic carbocycles. The molecule has 1 N–H and O–H groups in total. The van der Waals surface area contributed by atoms with E-state index in [9.17, 15) is 4.79 Å². The molecule has 0 bridgehead atoms. The number of hydrogen-bond donors (Lipinski definition) is 1. The van der Waals surface area contributed by atoms with Crippen LogP contribution in [0.15, 0.2) is 29.1 Å². The lowest BCUT2D eigenvalue weighted by Gasteiger charge is -2.31. The molecule has 1 heterocycles. The molecule has 0 amide bonds. The normalized spacial score (nSPS) is 16.0. The first kappa shape index (κ1) is 16.3. The highest BCUT2D eigenvalue weighted by atomic mass is 32.1. The van der Waals surface area contributed by atoms with Gasteiger partial charge in [0.05, 0.1) is 12.8 Å². The third-order valence-corrected chi connectivity index (χ3v) is 5.54. The van der Waals surface area contributed by atoms with Gasteiger partial charge in [0.1, 0.15) is 5.75 Å². The van der Waals surface area contributed by atoms with Crippen molar-refractivity contribution in [1.82, 2.24) is 9.88 Å². The minimum atomic E-state index is 0.00913. The largest absolute Gasteiger partial charge is 0.497 e. The molecule has 0 spiro atoms. The molecule has 3 rings (SSSR count). The summed E-state index contributed by atoms with van der Waals surface area (Å²) in [7, 11) is 3.84. The van der Waals surface area contributed by atoms with Crippen LogP contribution in [0.2, 0.25) is 0 Å². The summed E-state index contributed by atoms with van der Waals surface area (Å²) >= 11 is 1.32. The summed E-state index contributed by atoms with van der Waals surface area (Å²) in [5, 5.41) is 0. The molecule has 2 aromatic rings. The zero-order valence-corrected chi connectivity index (χ0v) is 14.6. The molecule has 0 atom stereocenters. The van der Waals surface area contributed by atoms with Crippen LogP contribution in [0.1, 0.15) is 37.0 Å². The average Bonchev–Trinajstić information content (AvgIpc) is 2.96. The van der Waals surface area contributed by atoms with Gasteiger partial charge in [-0.2, -0.15) is 0 Å². The van der Waals surface area contributed by atoms with E-state index in [2.05, 4.69) is 16.9 Å². The Morgan fingerprint density at radius 1 is 1.30 bits per heavy atom. The van der Waals surface area contributed by atoms with Crippen LogP contribution >= 0.6 is 11.3 Å². The van der Waals surface area contributed by atoms with E-state index in [1.54, 1.807) is 7.11 Å². The highest BCUT2D eigenvalue weighted by molar-refractivity contribution is 7.09. The molecule has 0 aliphatic heterocycles. The molecule has 1 aliphatic rings. The molecule has 0 saturated heterocycles. The molecular formula is C18H24N2O2S. The van der Waals surface area contributed by atoms with Crippen LogP contribution in [0.4, 0.5) is 0 Å². The molecule has 124 valence electrons. The van der Waals surface area contributed by atoms with Crippen LogP contribution in [0, 0.1) is 0 Å². The molecule has 0 unspecified atom stereocenters. The van der Waals surface area contributed by atoms with Crippen LogP contribution in [-0.2, 0) is 6.54 Å². The zero-order valence-electron chi connectivity index (χ0n) is 13.8. The first-order valence-electron chi connectivity index (χ1n) is 8.24. The Kier molecular flexibility index (Phi) is 5.18. The van der Waals surface area contributed by atoms with E-state index in [-0.39, 0.29) is 4.87 Å². The van der Waals surface area contributed by atoms with Crippen LogP contribution in [0.5, 0.6) is 5.75 Å². The highest BCUT2D eigenvalue weighted by Crippen LogP contribution is 2.29. The molecule has 1 saturated carbocycles. The average molecular weight is 332 g/mol. The van der Waals surface area contributed by atoms with Crippen molar-refractivity contribution in [2.24, 2.45) is 0 Å². The smallest absolute Gasteiger partial charge is 0.305 e. The quantitative estimate of drug-likeness (QED) is 0.904. The van der Waals surface area contributed by atoms with Gasteiger partial charge in [-0.1, -0.05) is 42.7 Å². The molecular weight excluding hydrogens is 308 g/mol. The second-order valence-corrected chi connectivity index (χ2v) is 7.32. The number of aromatic nitrogens is 1. The maximum absolute atomic E-state index is 11.9. The molecule has 4 nitrogen and oxygen atoms in total. The Balaban J connectivity index is 1.83. The van der Waals surface area contributed by atoms with Crippen molar-refractivity contribution >= 4 is 11.3 Å². The topological polar surface area (TPSA) is 45.3 Å². The Bertz CT molecular complexity index is 701. The van der Waals surface area contributed by atoms with Gasteiger partial charge in [-0.25, -0.2) is 0 Å². The lowest BCUT2D eigenvalue weighted by molar-refractivity contribution is 0.186. The molecule has 1 aromatic heterocycles. The maximum atomic E-state index is 11.9. The second-order valence-electron chi connectivity index (χ2n) is 6.25. The fourth-order valence-electron chi connectivity index (χ4n) is 3.36. The van der Waals surface area contributed by atoms with Gasteiger partial charge in [-0.05, 0) is 32.0 Å². The minimum Gasteiger partial charge on any atom is -0.497 e. The number of nitrogens with zero attached hydrogens (tertiary/aromatic N) is 1. The summed E-state index contributed by atoms with van der Waals surface area (Å²) in [6.07, 6.45) is 6.54. The van der Waals surface area contributed by atoms with Crippen molar-refractivity contribution in [3.63, 3.8) is 0 Å². The number of rotatable bonds is 5. The van der Waals surface area contributed by atoms with Gasteiger partial charge in [-0.3, -0.25) is 9.69 Å². The van der Waals surface area contributed by atoms with Crippen molar-refractivity contribution in [2.75, 3.05) is 14.2 Å². The van der Waals surface area contributed by atoms with Gasteiger partial charge >= 0.3 is 4.87 Å². The van der Waals surface area contributed by atoms with Gasteiger partial charge in [0.25, 0.3) is 0 Å². The minimum absolute atomic E-state index is 0.00913. The zero-order chi connectivity index (χ0) is 16.2. The number of aromatic amines is 1. The standard InChI is InChI=1S/C18H24N2O2S/c1-20(14-8-4-3-5-9-14)12-16-17(19-18(21)23-16)13-7-6-10-15(11-13)22-2/h6-7,10-11,14H,3-5,8-9,12H2,1-2H3,(H,19,21). The Morgan fingerprint density at radius 3 is 2.83 bits per heavy atom. The maximum Gasteiger partial charge on any atom is 0.305 e.